The Morgan fingerprint density at radius 2 is 2.03 bits per heavy atom. The summed E-state index contributed by atoms with van der Waals surface area (Å²) >= 11 is 0. The quantitative estimate of drug-likeness (QED) is 0.260. The fourth-order valence-electron chi connectivity index (χ4n) is 3.63. The second-order valence-corrected chi connectivity index (χ2v) is 8.79. The first-order valence-corrected chi connectivity index (χ1v) is 11.7. The number of fused-ring (bicyclic) bond motifs is 2. The van der Waals surface area contributed by atoms with Gasteiger partial charge in [-0.3, -0.25) is 18.7 Å². The maximum atomic E-state index is 12.2. The summed E-state index contributed by atoms with van der Waals surface area (Å²) in [4.78, 5) is 48.7. The summed E-state index contributed by atoms with van der Waals surface area (Å²) in [6.07, 6.45) is 0.404. The Bertz CT molecular complexity index is 1070. The Morgan fingerprint density at radius 3 is 2.76 bits per heavy atom. The van der Waals surface area contributed by atoms with Gasteiger partial charge in [0.25, 0.3) is 7.82 Å². The van der Waals surface area contributed by atoms with E-state index in [2.05, 4.69) is 20.3 Å². The van der Waals surface area contributed by atoms with E-state index in [0.717, 1.165) is 0 Å². The summed E-state index contributed by atoms with van der Waals surface area (Å²) in [6, 6.07) is 0. The van der Waals surface area contributed by atoms with Gasteiger partial charge < -0.3 is 28.7 Å². The van der Waals surface area contributed by atoms with Crippen LogP contribution >= 0.6 is 7.82 Å². The number of nitrogens with zero attached hydrogens (tertiary/aromatic N) is 4. The van der Waals surface area contributed by atoms with E-state index in [1.807, 2.05) is 13.8 Å². The van der Waals surface area contributed by atoms with E-state index < -0.39 is 38.3 Å². The fourth-order valence-corrected chi connectivity index (χ4v) is 4.57. The van der Waals surface area contributed by atoms with E-state index in [9.17, 15) is 19.0 Å². The number of hydrogen-bond donors (Lipinski definition) is 1. The minimum Gasteiger partial charge on any atom is -0.756 e. The Labute approximate surface area is 211 Å². The van der Waals surface area contributed by atoms with Gasteiger partial charge in [0.1, 0.15) is 18.5 Å². The predicted octanol–water partition coefficient (Wildman–Crippen LogP) is -1.94. The molecule has 174 valence electrons. The smallest absolute Gasteiger partial charge is 0.756 e. The van der Waals surface area contributed by atoms with Crippen molar-refractivity contribution in [1.29, 1.82) is 0 Å². The molecule has 0 bridgehead atoms. The van der Waals surface area contributed by atoms with Gasteiger partial charge in [0.05, 0.1) is 12.9 Å². The molecule has 2 aromatic heterocycles. The van der Waals surface area contributed by atoms with E-state index in [4.69, 9.17) is 18.5 Å². The number of phosphoric ester groups is 1. The van der Waals surface area contributed by atoms with E-state index in [0.29, 0.717) is 30.4 Å². The Kier molecular flexibility index (Phi) is 8.62. The molecule has 2 aromatic rings. The molecule has 4 heterocycles. The predicted molar refractivity (Wildman–Crippen MR) is 106 cm³/mol. The van der Waals surface area contributed by atoms with Crippen LogP contribution in [0.15, 0.2) is 12.7 Å². The molecule has 1 amide bonds. The molecular formula is C18H23N5NaO8P. The minimum absolute atomic E-state index is 0. The normalized spacial score (nSPS) is 28.7. The Balaban J connectivity index is 0.00000306. The first-order valence-electron chi connectivity index (χ1n) is 10.3. The van der Waals surface area contributed by atoms with E-state index >= 15 is 0 Å². The molecule has 0 spiro atoms. The van der Waals surface area contributed by atoms with Gasteiger partial charge in [0, 0.05) is 12.8 Å². The summed E-state index contributed by atoms with van der Waals surface area (Å²) in [7, 11) is -4.55. The zero-order valence-electron chi connectivity index (χ0n) is 18.5. The SMILES string of the molecule is CCCC(=O)Nc1ncnc2c1ncn2C1OC2COP(=O)([O-])O[C@H]2C1OC(=O)CCC.[Na+]. The second-order valence-electron chi connectivity index (χ2n) is 7.43. The maximum Gasteiger partial charge on any atom is 1.00 e. The van der Waals surface area contributed by atoms with Gasteiger partial charge in [-0.1, -0.05) is 13.8 Å². The van der Waals surface area contributed by atoms with Crippen molar-refractivity contribution in [1.82, 2.24) is 19.5 Å². The van der Waals surface area contributed by atoms with Gasteiger partial charge in [-0.15, -0.1) is 0 Å². The van der Waals surface area contributed by atoms with Crippen LogP contribution in [0.25, 0.3) is 11.2 Å². The third-order valence-electron chi connectivity index (χ3n) is 5.02. The number of nitrogens with one attached hydrogen (secondary N) is 1. The van der Waals surface area contributed by atoms with Crippen LogP contribution in [0.4, 0.5) is 5.82 Å². The van der Waals surface area contributed by atoms with Gasteiger partial charge in [-0.05, 0) is 12.8 Å². The van der Waals surface area contributed by atoms with Crippen molar-refractivity contribution in [2.45, 2.75) is 64.1 Å². The van der Waals surface area contributed by atoms with Crippen LogP contribution in [0.3, 0.4) is 0 Å². The van der Waals surface area contributed by atoms with Crippen molar-refractivity contribution in [3.63, 3.8) is 0 Å². The molecule has 15 heteroatoms. The number of amides is 1. The van der Waals surface area contributed by atoms with Gasteiger partial charge in [-0.2, -0.15) is 0 Å². The van der Waals surface area contributed by atoms with Gasteiger partial charge in [-0.25, -0.2) is 15.0 Å². The molecule has 2 aliphatic rings. The zero-order valence-corrected chi connectivity index (χ0v) is 21.4. The van der Waals surface area contributed by atoms with E-state index in [-0.39, 0.29) is 54.3 Å². The third-order valence-corrected chi connectivity index (χ3v) is 5.99. The number of esters is 1. The second kappa shape index (κ2) is 10.9. The number of ether oxygens (including phenoxy) is 2. The van der Waals surface area contributed by atoms with Crippen LogP contribution in [0.2, 0.25) is 0 Å². The Hall–Kier alpha value is -1.44. The molecule has 2 fully saturated rings. The molecule has 4 rings (SSSR count). The van der Waals surface area contributed by atoms with Crippen LogP contribution in [0.5, 0.6) is 0 Å². The number of carbonyl (C=O) groups is 2. The van der Waals surface area contributed by atoms with Crippen molar-refractivity contribution >= 4 is 36.7 Å². The Morgan fingerprint density at radius 1 is 1.27 bits per heavy atom. The average Bonchev–Trinajstić information content (AvgIpc) is 3.30. The number of anilines is 1. The molecule has 0 saturated carbocycles. The van der Waals surface area contributed by atoms with E-state index in [1.54, 1.807) is 0 Å². The van der Waals surface area contributed by atoms with E-state index in [1.165, 1.54) is 17.2 Å². The molecule has 5 atom stereocenters. The van der Waals surface area contributed by atoms with Crippen LogP contribution in [0, 0.1) is 0 Å². The summed E-state index contributed by atoms with van der Waals surface area (Å²) in [5, 5.41) is 2.70. The van der Waals surface area contributed by atoms with Crippen molar-refractivity contribution in [2.24, 2.45) is 0 Å². The summed E-state index contributed by atoms with van der Waals surface area (Å²) in [5.74, 6) is -0.506. The third kappa shape index (κ3) is 5.63. The van der Waals surface area contributed by atoms with Crippen molar-refractivity contribution in [2.75, 3.05) is 11.9 Å². The summed E-state index contributed by atoms with van der Waals surface area (Å²) in [5.41, 5.74) is 0.610. The number of carbonyl (C=O) groups excluding carboxylic acids is 2. The van der Waals surface area contributed by atoms with Crippen molar-refractivity contribution < 1.29 is 67.1 Å². The summed E-state index contributed by atoms with van der Waals surface area (Å²) < 4.78 is 34.7. The van der Waals surface area contributed by atoms with Crippen molar-refractivity contribution in [3.05, 3.63) is 12.7 Å². The van der Waals surface area contributed by atoms with Gasteiger partial charge >= 0.3 is 35.5 Å². The topological polar surface area (TPSA) is 167 Å². The zero-order chi connectivity index (χ0) is 22.9. The molecule has 0 aliphatic carbocycles. The van der Waals surface area contributed by atoms with Gasteiger partial charge in [0.15, 0.2) is 29.3 Å². The first kappa shape index (κ1) is 26.2. The minimum atomic E-state index is -4.55. The molecule has 0 aromatic carbocycles. The number of aromatic nitrogens is 4. The van der Waals surface area contributed by atoms with Crippen LogP contribution in [-0.4, -0.2) is 56.3 Å². The van der Waals surface area contributed by atoms with Gasteiger partial charge in [0.2, 0.25) is 5.91 Å². The molecule has 2 aliphatic heterocycles. The molecule has 1 N–H and O–H groups in total. The monoisotopic (exact) mass is 491 g/mol. The average molecular weight is 491 g/mol. The largest absolute Gasteiger partial charge is 1.00 e. The van der Waals surface area contributed by atoms with Crippen LogP contribution in [-0.2, 0) is 32.7 Å². The number of hydrogen-bond acceptors (Lipinski definition) is 11. The first-order chi connectivity index (χ1) is 15.3. The number of rotatable bonds is 7. The fraction of sp³-hybridized carbons (Fsp3) is 0.611. The van der Waals surface area contributed by atoms with Crippen molar-refractivity contribution in [3.8, 4) is 0 Å². The standard InChI is InChI=1S/C18H24N5O8P.Na/c1-3-5-11(24)22-16-13-17(20-8-19-16)23(9-21-13)18-15(30-12(25)6-4-2)14-10(29-18)7-28-32(26,27)31-14;/h8-10,14-15,18H,3-7H2,1-2H3,(H,26,27)(H,19,20,22,24);/q;+1/p-1/t10?,14-,15?,18?;/m1./s1. The molecule has 33 heavy (non-hydrogen) atoms. The molecule has 13 nitrogen and oxygen atoms in total. The number of imidazole rings is 1. The molecule has 2 saturated heterocycles. The molecule has 4 unspecified atom stereocenters. The van der Waals surface area contributed by atoms with Crippen LogP contribution < -0.4 is 39.8 Å². The number of phosphoric acid groups is 1. The molecule has 0 radical (unpaired) electrons. The van der Waals surface area contributed by atoms with Crippen LogP contribution in [0.1, 0.15) is 45.8 Å². The maximum absolute atomic E-state index is 12.2. The molecular weight excluding hydrogens is 468 g/mol. The summed E-state index contributed by atoms with van der Waals surface area (Å²) in [6.45, 7) is 3.43.